The molecule has 0 bridgehead atoms. The minimum absolute atomic E-state index is 0.142. The largest absolute Gasteiger partial charge is 0.478 e. The Morgan fingerprint density at radius 3 is 2.05 bits per heavy atom. The number of esters is 1. The van der Waals surface area contributed by atoms with Crippen molar-refractivity contribution in [2.45, 2.75) is 26.4 Å². The number of aliphatic carboxylic acids is 1. The Balaban J connectivity index is 0. The summed E-state index contributed by atoms with van der Waals surface area (Å²) in [6.45, 7) is 17.2. The fourth-order valence-corrected chi connectivity index (χ4v) is 0.607. The molecule has 5 heteroatoms. The van der Waals surface area contributed by atoms with Crippen molar-refractivity contribution in [2.75, 3.05) is 13.2 Å². The maximum atomic E-state index is 10.7. The van der Waals surface area contributed by atoms with Gasteiger partial charge in [-0.25, -0.2) is 9.59 Å². The van der Waals surface area contributed by atoms with Crippen LogP contribution in [0.2, 0.25) is 0 Å². The number of hydrogen-bond donors (Lipinski definition) is 1. The molecule has 1 fully saturated rings. The molecule has 1 unspecified atom stereocenters. The third kappa shape index (κ3) is 12.4. The average Bonchev–Trinajstić information content (AvgIpc) is 3.21. The number of carboxylic acids is 1. The highest BCUT2D eigenvalue weighted by atomic mass is 16.6. The van der Waals surface area contributed by atoms with Crippen molar-refractivity contribution in [3.05, 3.63) is 37.5 Å². The molecular weight excluding hydrogens is 248 g/mol. The van der Waals surface area contributed by atoms with Crippen LogP contribution < -0.4 is 0 Å². The molecule has 1 rings (SSSR count). The highest BCUT2D eigenvalue weighted by molar-refractivity contribution is 5.87. The molecule has 0 saturated carbocycles. The third-order valence-electron chi connectivity index (χ3n) is 1.88. The first-order chi connectivity index (χ1) is 8.88. The first-order valence-electron chi connectivity index (χ1n) is 5.73. The smallest absolute Gasteiger partial charge is 0.333 e. The Kier molecular flexibility index (Phi) is 11.5. The zero-order valence-corrected chi connectivity index (χ0v) is 11.6. The lowest BCUT2D eigenvalue weighted by Crippen LogP contribution is -2.09. The fraction of sp³-hybridized carbons (Fsp3) is 0.429. The molecule has 1 aliphatic rings. The van der Waals surface area contributed by atoms with Crippen LogP contribution in [0.1, 0.15) is 20.3 Å². The molecule has 0 aromatic heterocycles. The van der Waals surface area contributed by atoms with E-state index in [0.717, 1.165) is 0 Å². The van der Waals surface area contributed by atoms with Crippen LogP contribution in [0.15, 0.2) is 37.5 Å². The average molecular weight is 270 g/mol. The van der Waals surface area contributed by atoms with Gasteiger partial charge < -0.3 is 14.6 Å². The molecule has 1 saturated heterocycles. The lowest BCUT2D eigenvalue weighted by molar-refractivity contribution is -0.139. The van der Waals surface area contributed by atoms with Crippen LogP contribution in [0, 0.1) is 0 Å². The Morgan fingerprint density at radius 1 is 1.37 bits per heavy atom. The third-order valence-corrected chi connectivity index (χ3v) is 1.88. The summed E-state index contributed by atoms with van der Waals surface area (Å²) in [5, 5.41) is 8.08. The molecule has 0 aliphatic carbocycles. The van der Waals surface area contributed by atoms with Gasteiger partial charge in [-0.05, 0) is 13.3 Å². The molecule has 19 heavy (non-hydrogen) atoms. The Morgan fingerprint density at radius 2 is 1.84 bits per heavy atom. The van der Waals surface area contributed by atoms with Crippen molar-refractivity contribution in [1.82, 2.24) is 0 Å². The second-order valence-electron chi connectivity index (χ2n) is 3.60. The molecule has 0 spiro atoms. The zero-order chi connectivity index (χ0) is 15.4. The maximum absolute atomic E-state index is 10.7. The number of epoxide rings is 1. The van der Waals surface area contributed by atoms with Crippen molar-refractivity contribution in [3.8, 4) is 0 Å². The summed E-state index contributed by atoms with van der Waals surface area (Å²) in [6, 6.07) is 0. The first kappa shape index (κ1) is 19.5. The Bertz CT molecular complexity index is 329. The van der Waals surface area contributed by atoms with E-state index in [0.29, 0.717) is 25.2 Å². The summed E-state index contributed by atoms with van der Waals surface area (Å²) < 4.78 is 9.60. The number of carboxylic acid groups (broad SMARTS) is 1. The van der Waals surface area contributed by atoms with Gasteiger partial charge >= 0.3 is 11.9 Å². The van der Waals surface area contributed by atoms with E-state index in [2.05, 4.69) is 26.3 Å². The normalized spacial score (nSPS) is 14.7. The molecule has 5 nitrogen and oxygen atoms in total. The van der Waals surface area contributed by atoms with E-state index < -0.39 is 5.97 Å². The molecule has 1 aliphatic heterocycles. The standard InChI is InChI=1S/C7H10O3.C5H8O2.C2H4/c1-5(2)7(8)10-4-6-3-9-6;1-3-4(2)5(6)7;1-2/h6H,1,3-4H2,2H3;2-3H2,1H3,(H,6,7);1-2H2. The summed E-state index contributed by atoms with van der Waals surface area (Å²) in [7, 11) is 0. The van der Waals surface area contributed by atoms with Gasteiger partial charge in [0.25, 0.3) is 0 Å². The van der Waals surface area contributed by atoms with Crippen LogP contribution in [-0.4, -0.2) is 36.4 Å². The quantitative estimate of drug-likeness (QED) is 0.359. The molecule has 0 radical (unpaired) electrons. The maximum Gasteiger partial charge on any atom is 0.333 e. The van der Waals surface area contributed by atoms with Crippen molar-refractivity contribution in [2.24, 2.45) is 0 Å². The molecule has 1 N–H and O–H groups in total. The molecule has 1 heterocycles. The first-order valence-corrected chi connectivity index (χ1v) is 5.73. The fourth-order valence-electron chi connectivity index (χ4n) is 0.607. The predicted molar refractivity (Wildman–Crippen MR) is 73.8 cm³/mol. The molecule has 108 valence electrons. The van der Waals surface area contributed by atoms with Gasteiger partial charge in [-0.2, -0.15) is 0 Å². The molecule has 0 aromatic rings. The van der Waals surface area contributed by atoms with Crippen molar-refractivity contribution >= 4 is 11.9 Å². The van der Waals surface area contributed by atoms with Crippen LogP contribution in [0.4, 0.5) is 0 Å². The van der Waals surface area contributed by atoms with E-state index in [-0.39, 0.29) is 17.6 Å². The van der Waals surface area contributed by atoms with Crippen LogP contribution in [0.3, 0.4) is 0 Å². The van der Waals surface area contributed by atoms with E-state index in [1.165, 1.54) is 0 Å². The lowest BCUT2D eigenvalue weighted by atomic mass is 10.2. The molecule has 1 atom stereocenters. The van der Waals surface area contributed by atoms with Crippen LogP contribution >= 0.6 is 0 Å². The van der Waals surface area contributed by atoms with E-state index in [4.69, 9.17) is 14.6 Å². The van der Waals surface area contributed by atoms with E-state index in [1.54, 1.807) is 13.8 Å². The van der Waals surface area contributed by atoms with Crippen LogP contribution in [0.25, 0.3) is 0 Å². The summed E-state index contributed by atoms with van der Waals surface area (Å²) in [5.74, 6) is -1.24. The number of rotatable bonds is 5. The number of hydrogen-bond acceptors (Lipinski definition) is 4. The van der Waals surface area contributed by atoms with Gasteiger partial charge in [0.1, 0.15) is 12.7 Å². The van der Waals surface area contributed by atoms with E-state index in [1.807, 2.05) is 0 Å². The predicted octanol–water partition coefficient (Wildman–Crippen LogP) is 2.34. The summed E-state index contributed by atoms with van der Waals surface area (Å²) in [5.41, 5.74) is 0.695. The minimum atomic E-state index is -0.900. The van der Waals surface area contributed by atoms with E-state index in [9.17, 15) is 9.59 Å². The number of carbonyl (C=O) groups is 2. The van der Waals surface area contributed by atoms with Gasteiger partial charge in [-0.3, -0.25) is 0 Å². The van der Waals surface area contributed by atoms with Gasteiger partial charge in [0.05, 0.1) is 6.61 Å². The molecular formula is C14H22O5. The van der Waals surface area contributed by atoms with Crippen molar-refractivity contribution in [1.29, 1.82) is 0 Å². The minimum Gasteiger partial charge on any atom is -0.478 e. The topological polar surface area (TPSA) is 76.1 Å². The summed E-state index contributed by atoms with van der Waals surface area (Å²) >= 11 is 0. The molecule has 0 amide bonds. The van der Waals surface area contributed by atoms with Gasteiger partial charge in [0.2, 0.25) is 0 Å². The monoisotopic (exact) mass is 270 g/mol. The van der Waals surface area contributed by atoms with E-state index >= 15 is 0 Å². The summed E-state index contributed by atoms with van der Waals surface area (Å²) in [6.07, 6.45) is 0.665. The Hall–Kier alpha value is -1.88. The highest BCUT2D eigenvalue weighted by Crippen LogP contribution is 2.09. The molecule has 0 aromatic carbocycles. The van der Waals surface area contributed by atoms with Crippen molar-refractivity contribution in [3.63, 3.8) is 0 Å². The second kappa shape index (κ2) is 11.2. The Labute approximate surface area is 114 Å². The van der Waals surface area contributed by atoms with Crippen LogP contribution in [0.5, 0.6) is 0 Å². The lowest BCUT2D eigenvalue weighted by Gasteiger charge is -1.99. The van der Waals surface area contributed by atoms with Crippen molar-refractivity contribution < 1.29 is 24.2 Å². The van der Waals surface area contributed by atoms with Gasteiger partial charge in [-0.1, -0.05) is 20.1 Å². The highest BCUT2D eigenvalue weighted by Gasteiger charge is 2.24. The SMILES string of the molecule is C=C.C=C(C)C(=O)OCC1CO1.C=C(CC)C(=O)O. The number of ether oxygens (including phenoxy) is 2. The number of carbonyl (C=O) groups excluding carboxylic acids is 1. The van der Waals surface area contributed by atoms with Gasteiger partial charge in [0, 0.05) is 11.1 Å². The van der Waals surface area contributed by atoms with Gasteiger partial charge in [0.15, 0.2) is 0 Å². The summed E-state index contributed by atoms with van der Waals surface area (Å²) in [4.78, 5) is 20.5. The second-order valence-corrected chi connectivity index (χ2v) is 3.60. The van der Waals surface area contributed by atoms with Gasteiger partial charge in [-0.15, -0.1) is 13.2 Å². The van der Waals surface area contributed by atoms with Crippen LogP contribution in [-0.2, 0) is 19.1 Å². The zero-order valence-electron chi connectivity index (χ0n) is 11.6.